The molecule has 2 aromatic rings. The van der Waals surface area contributed by atoms with Crippen molar-refractivity contribution in [1.82, 2.24) is 0 Å². The molecule has 1 amide bonds. The first-order chi connectivity index (χ1) is 12.6. The van der Waals surface area contributed by atoms with Crippen LogP contribution in [-0.2, 0) is 4.74 Å². The fraction of sp³-hybridized carbons (Fsp3) is 0.476. The van der Waals surface area contributed by atoms with E-state index in [0.29, 0.717) is 23.6 Å². The summed E-state index contributed by atoms with van der Waals surface area (Å²) >= 11 is 1.50. The number of carbonyl (C=O) groups excluding carboxylic acids is 1. The fourth-order valence-corrected chi connectivity index (χ4v) is 3.63. The van der Waals surface area contributed by atoms with Gasteiger partial charge in [-0.15, -0.1) is 0 Å². The summed E-state index contributed by atoms with van der Waals surface area (Å²) in [6, 6.07) is 8.18. The summed E-state index contributed by atoms with van der Waals surface area (Å²) in [4.78, 5) is 12.3. The summed E-state index contributed by atoms with van der Waals surface area (Å²) < 4.78 is 19.4. The largest absolute Gasteiger partial charge is 0.441 e. The van der Waals surface area contributed by atoms with Gasteiger partial charge in [-0.25, -0.2) is 9.18 Å². The monoisotopic (exact) mass is 377 g/mol. The Morgan fingerprint density at radius 1 is 1.27 bits per heavy atom. The molecule has 3 nitrogen and oxygen atoms in total. The Labute approximate surface area is 159 Å². The van der Waals surface area contributed by atoms with Crippen LogP contribution < -0.4 is 5.32 Å². The van der Waals surface area contributed by atoms with E-state index in [1.54, 1.807) is 6.07 Å². The van der Waals surface area contributed by atoms with Crippen molar-refractivity contribution in [3.05, 3.63) is 52.5 Å². The van der Waals surface area contributed by atoms with Crippen LogP contribution in [-0.4, -0.2) is 6.09 Å². The minimum absolute atomic E-state index is 0.312. The lowest BCUT2D eigenvalue weighted by atomic mass is 9.90. The van der Waals surface area contributed by atoms with E-state index in [1.165, 1.54) is 42.7 Å². The van der Waals surface area contributed by atoms with Crippen molar-refractivity contribution in [1.29, 1.82) is 0 Å². The lowest BCUT2D eigenvalue weighted by Crippen LogP contribution is -2.19. The summed E-state index contributed by atoms with van der Waals surface area (Å²) in [6.07, 6.45) is 5.45. The first-order valence-corrected chi connectivity index (χ1v) is 10.3. The summed E-state index contributed by atoms with van der Waals surface area (Å²) in [5.74, 6) is 0.136. The Balaban J connectivity index is 2.06. The van der Waals surface area contributed by atoms with Crippen LogP contribution in [0.3, 0.4) is 0 Å². The van der Waals surface area contributed by atoms with Crippen molar-refractivity contribution in [2.45, 2.75) is 58.5 Å². The number of ether oxygens (including phenoxy) is 1. The van der Waals surface area contributed by atoms with Crippen molar-refractivity contribution in [3.8, 4) is 0 Å². The molecular formula is C21H28FNO2S. The Kier molecular flexibility index (Phi) is 8.62. The van der Waals surface area contributed by atoms with Gasteiger partial charge in [0.05, 0.1) is 5.69 Å². The van der Waals surface area contributed by atoms with E-state index in [9.17, 15) is 9.18 Å². The number of carbonyl (C=O) groups is 1. The highest BCUT2D eigenvalue weighted by Crippen LogP contribution is 2.30. The molecule has 0 bridgehead atoms. The average molecular weight is 378 g/mol. The third kappa shape index (κ3) is 6.79. The van der Waals surface area contributed by atoms with Crippen molar-refractivity contribution >= 4 is 23.1 Å². The zero-order valence-corrected chi connectivity index (χ0v) is 16.4. The van der Waals surface area contributed by atoms with Gasteiger partial charge in [-0.05, 0) is 41.5 Å². The molecule has 1 aromatic heterocycles. The number of rotatable bonds is 10. The second-order valence-corrected chi connectivity index (χ2v) is 7.37. The highest BCUT2D eigenvalue weighted by molar-refractivity contribution is 7.08. The second kappa shape index (κ2) is 11.0. The van der Waals surface area contributed by atoms with Crippen LogP contribution in [0.4, 0.5) is 14.9 Å². The van der Waals surface area contributed by atoms with Gasteiger partial charge in [-0.2, -0.15) is 11.3 Å². The molecule has 2 unspecified atom stereocenters. The van der Waals surface area contributed by atoms with E-state index in [4.69, 9.17) is 4.74 Å². The lowest BCUT2D eigenvalue weighted by Gasteiger charge is -2.23. The van der Waals surface area contributed by atoms with E-state index in [0.717, 1.165) is 12.8 Å². The molecule has 0 saturated heterocycles. The first kappa shape index (κ1) is 20.4. The standard InChI is InChI=1S/C21H28FNO2S/c1-3-5-6-8-16(4-2)13-20(17-9-7-10-18(22)14-17)25-21(24)23-19-11-12-26-15-19/h7,9-12,14-16,20H,3-6,8,13H2,1-2H3,(H,23,24). The summed E-state index contributed by atoms with van der Waals surface area (Å²) in [7, 11) is 0. The van der Waals surface area contributed by atoms with Gasteiger partial charge in [0.15, 0.2) is 0 Å². The summed E-state index contributed by atoms with van der Waals surface area (Å²) in [5.41, 5.74) is 1.42. The Hall–Kier alpha value is -1.88. The number of hydrogen-bond donors (Lipinski definition) is 1. The number of anilines is 1. The van der Waals surface area contributed by atoms with Crippen LogP contribution in [0.25, 0.3) is 0 Å². The zero-order chi connectivity index (χ0) is 18.8. The van der Waals surface area contributed by atoms with Crippen molar-refractivity contribution < 1.29 is 13.9 Å². The van der Waals surface area contributed by atoms with Gasteiger partial charge in [0.2, 0.25) is 0 Å². The van der Waals surface area contributed by atoms with Gasteiger partial charge >= 0.3 is 6.09 Å². The first-order valence-electron chi connectivity index (χ1n) is 9.37. The van der Waals surface area contributed by atoms with Crippen LogP contribution in [0.5, 0.6) is 0 Å². The molecule has 0 aliphatic heterocycles. The third-order valence-electron chi connectivity index (χ3n) is 4.58. The van der Waals surface area contributed by atoms with Crippen LogP contribution in [0, 0.1) is 11.7 Å². The van der Waals surface area contributed by atoms with Gasteiger partial charge in [-0.1, -0.05) is 58.1 Å². The average Bonchev–Trinajstić information content (AvgIpc) is 3.13. The lowest BCUT2D eigenvalue weighted by molar-refractivity contribution is 0.0914. The molecule has 0 aliphatic carbocycles. The predicted molar refractivity (Wildman–Crippen MR) is 106 cm³/mol. The fourth-order valence-electron chi connectivity index (χ4n) is 3.05. The van der Waals surface area contributed by atoms with Gasteiger partial charge in [0, 0.05) is 5.38 Å². The second-order valence-electron chi connectivity index (χ2n) is 6.59. The molecule has 1 aromatic carbocycles. The predicted octanol–water partition coefficient (Wildman–Crippen LogP) is 7.17. The van der Waals surface area contributed by atoms with E-state index in [1.807, 2.05) is 22.9 Å². The molecule has 26 heavy (non-hydrogen) atoms. The van der Waals surface area contributed by atoms with Crippen LogP contribution >= 0.6 is 11.3 Å². The minimum Gasteiger partial charge on any atom is -0.441 e. The van der Waals surface area contributed by atoms with Crippen molar-refractivity contribution in [2.75, 3.05) is 5.32 Å². The van der Waals surface area contributed by atoms with Gasteiger partial charge < -0.3 is 4.74 Å². The number of halogens is 1. The number of unbranched alkanes of at least 4 members (excludes halogenated alkanes) is 2. The maximum atomic E-state index is 13.7. The molecule has 1 N–H and O–H groups in total. The van der Waals surface area contributed by atoms with Crippen LogP contribution in [0.1, 0.15) is 64.0 Å². The Morgan fingerprint density at radius 3 is 2.77 bits per heavy atom. The highest BCUT2D eigenvalue weighted by Gasteiger charge is 2.22. The Bertz CT molecular complexity index is 660. The van der Waals surface area contributed by atoms with Crippen molar-refractivity contribution in [3.63, 3.8) is 0 Å². The van der Waals surface area contributed by atoms with Crippen LogP contribution in [0.2, 0.25) is 0 Å². The smallest absolute Gasteiger partial charge is 0.412 e. The SMILES string of the molecule is CCCCCC(CC)CC(OC(=O)Nc1ccsc1)c1cccc(F)c1. The molecular weight excluding hydrogens is 349 g/mol. The third-order valence-corrected chi connectivity index (χ3v) is 5.26. The molecule has 0 saturated carbocycles. The van der Waals surface area contributed by atoms with Crippen molar-refractivity contribution in [2.24, 2.45) is 5.92 Å². The molecule has 2 rings (SSSR count). The molecule has 5 heteroatoms. The number of thiophene rings is 1. The van der Waals surface area contributed by atoms with E-state index < -0.39 is 12.2 Å². The van der Waals surface area contributed by atoms with Gasteiger partial charge in [0.1, 0.15) is 11.9 Å². The minimum atomic E-state index is -0.499. The Morgan fingerprint density at radius 2 is 2.12 bits per heavy atom. The molecule has 2 atom stereocenters. The molecule has 0 spiro atoms. The normalized spacial score (nSPS) is 13.2. The van der Waals surface area contributed by atoms with Crippen LogP contribution in [0.15, 0.2) is 41.1 Å². The quantitative estimate of drug-likeness (QED) is 0.446. The van der Waals surface area contributed by atoms with E-state index in [-0.39, 0.29) is 5.82 Å². The number of benzene rings is 1. The number of nitrogens with one attached hydrogen (secondary N) is 1. The summed E-state index contributed by atoms with van der Waals surface area (Å²) in [5, 5.41) is 6.47. The molecule has 1 heterocycles. The highest BCUT2D eigenvalue weighted by atomic mass is 32.1. The van der Waals surface area contributed by atoms with E-state index >= 15 is 0 Å². The molecule has 142 valence electrons. The molecule has 0 aliphatic rings. The molecule has 0 radical (unpaired) electrons. The maximum absolute atomic E-state index is 13.7. The van der Waals surface area contributed by atoms with Gasteiger partial charge in [0.25, 0.3) is 0 Å². The maximum Gasteiger partial charge on any atom is 0.412 e. The summed E-state index contributed by atoms with van der Waals surface area (Å²) in [6.45, 7) is 4.35. The zero-order valence-electron chi connectivity index (χ0n) is 15.5. The number of amides is 1. The topological polar surface area (TPSA) is 38.3 Å². The molecule has 0 fully saturated rings. The number of hydrogen-bond acceptors (Lipinski definition) is 3. The van der Waals surface area contributed by atoms with Gasteiger partial charge in [-0.3, -0.25) is 5.32 Å². The van der Waals surface area contributed by atoms with E-state index in [2.05, 4.69) is 19.2 Å².